The van der Waals surface area contributed by atoms with Crippen LogP contribution in [0.1, 0.15) is 20.8 Å². The SMILES string of the molecule is CN(CCS(=O)(=O)Oc1ccccc1)CC(=O)NC(C)(C)C. The first-order valence-corrected chi connectivity index (χ1v) is 8.62. The van der Waals surface area contributed by atoms with Gasteiger partial charge in [-0.15, -0.1) is 0 Å². The Labute approximate surface area is 132 Å². The minimum Gasteiger partial charge on any atom is -0.382 e. The van der Waals surface area contributed by atoms with E-state index < -0.39 is 10.1 Å². The lowest BCUT2D eigenvalue weighted by Crippen LogP contribution is -2.45. The Morgan fingerprint density at radius 1 is 1.23 bits per heavy atom. The first-order chi connectivity index (χ1) is 10.1. The van der Waals surface area contributed by atoms with Gasteiger partial charge in [0.1, 0.15) is 5.75 Å². The molecule has 0 aliphatic heterocycles. The predicted octanol–water partition coefficient (Wildman–Crippen LogP) is 1.24. The molecule has 0 aliphatic carbocycles. The molecule has 0 saturated carbocycles. The van der Waals surface area contributed by atoms with Crippen LogP contribution >= 0.6 is 0 Å². The lowest BCUT2D eigenvalue weighted by atomic mass is 10.1. The average Bonchev–Trinajstić information content (AvgIpc) is 2.35. The van der Waals surface area contributed by atoms with Crippen molar-refractivity contribution in [1.82, 2.24) is 10.2 Å². The summed E-state index contributed by atoms with van der Waals surface area (Å²) in [5.41, 5.74) is -0.305. The van der Waals surface area contributed by atoms with Gasteiger partial charge in [0.25, 0.3) is 0 Å². The van der Waals surface area contributed by atoms with E-state index in [1.165, 1.54) is 0 Å². The number of nitrogens with one attached hydrogen (secondary N) is 1. The van der Waals surface area contributed by atoms with Crippen LogP contribution in [-0.4, -0.2) is 50.7 Å². The summed E-state index contributed by atoms with van der Waals surface area (Å²) in [6, 6.07) is 8.35. The molecule has 1 aromatic carbocycles. The maximum absolute atomic E-state index is 11.9. The third-order valence-electron chi connectivity index (χ3n) is 2.62. The molecule has 0 spiro atoms. The molecule has 1 rings (SSSR count). The monoisotopic (exact) mass is 328 g/mol. The Bertz CT molecular complexity index is 579. The van der Waals surface area contributed by atoms with Crippen LogP contribution < -0.4 is 9.50 Å². The summed E-state index contributed by atoms with van der Waals surface area (Å²) in [5, 5.41) is 2.83. The van der Waals surface area contributed by atoms with Crippen LogP contribution in [0.25, 0.3) is 0 Å². The molecule has 0 bridgehead atoms. The largest absolute Gasteiger partial charge is 0.382 e. The van der Waals surface area contributed by atoms with Crippen molar-refractivity contribution >= 4 is 16.0 Å². The van der Waals surface area contributed by atoms with E-state index in [-0.39, 0.29) is 36.0 Å². The summed E-state index contributed by atoms with van der Waals surface area (Å²) in [5.74, 6) is -0.0340. The van der Waals surface area contributed by atoms with Gasteiger partial charge in [-0.3, -0.25) is 9.69 Å². The van der Waals surface area contributed by atoms with Gasteiger partial charge in [-0.1, -0.05) is 18.2 Å². The zero-order valence-corrected chi connectivity index (χ0v) is 14.3. The van der Waals surface area contributed by atoms with E-state index in [1.807, 2.05) is 20.8 Å². The van der Waals surface area contributed by atoms with Crippen LogP contribution in [0.4, 0.5) is 0 Å². The summed E-state index contributed by atoms with van der Waals surface area (Å²) < 4.78 is 28.7. The molecule has 0 aromatic heterocycles. The maximum atomic E-state index is 11.9. The second kappa shape index (κ2) is 7.60. The van der Waals surface area contributed by atoms with E-state index >= 15 is 0 Å². The van der Waals surface area contributed by atoms with Gasteiger partial charge in [0.15, 0.2) is 0 Å². The molecule has 0 atom stereocenters. The number of carbonyl (C=O) groups is 1. The second-order valence-corrected chi connectivity index (χ2v) is 7.88. The summed E-state index contributed by atoms with van der Waals surface area (Å²) in [6.45, 7) is 6.03. The zero-order chi connectivity index (χ0) is 16.8. The lowest BCUT2D eigenvalue weighted by Gasteiger charge is -2.23. The number of nitrogens with zero attached hydrogens (tertiary/aromatic N) is 1. The molecular weight excluding hydrogens is 304 g/mol. The van der Waals surface area contributed by atoms with E-state index in [0.29, 0.717) is 0 Å². The molecular formula is C15H24N2O4S. The van der Waals surface area contributed by atoms with E-state index in [9.17, 15) is 13.2 Å². The van der Waals surface area contributed by atoms with Crippen molar-refractivity contribution in [2.45, 2.75) is 26.3 Å². The smallest absolute Gasteiger partial charge is 0.310 e. The van der Waals surface area contributed by atoms with Gasteiger partial charge in [-0.05, 0) is 40.0 Å². The van der Waals surface area contributed by atoms with E-state index in [4.69, 9.17) is 4.18 Å². The minimum atomic E-state index is -3.67. The van der Waals surface area contributed by atoms with Gasteiger partial charge in [-0.25, -0.2) is 0 Å². The molecule has 22 heavy (non-hydrogen) atoms. The van der Waals surface area contributed by atoms with E-state index in [0.717, 1.165) is 0 Å². The molecule has 1 N–H and O–H groups in total. The Hall–Kier alpha value is -1.60. The van der Waals surface area contributed by atoms with Crippen LogP contribution in [0.3, 0.4) is 0 Å². The van der Waals surface area contributed by atoms with Crippen LogP contribution in [0, 0.1) is 0 Å². The Balaban J connectivity index is 2.42. The van der Waals surface area contributed by atoms with Crippen molar-refractivity contribution < 1.29 is 17.4 Å². The highest BCUT2D eigenvalue weighted by atomic mass is 32.2. The standard InChI is InChI=1S/C15H24N2O4S/c1-15(2,3)16-14(18)12-17(4)10-11-22(19,20)21-13-8-6-5-7-9-13/h5-9H,10-12H2,1-4H3,(H,16,18). The minimum absolute atomic E-state index is 0.137. The highest BCUT2D eigenvalue weighted by molar-refractivity contribution is 7.87. The van der Waals surface area contributed by atoms with Crippen molar-refractivity contribution in [2.24, 2.45) is 0 Å². The Morgan fingerprint density at radius 2 is 1.82 bits per heavy atom. The number of benzene rings is 1. The van der Waals surface area contributed by atoms with Gasteiger partial charge in [0, 0.05) is 12.1 Å². The highest BCUT2D eigenvalue weighted by Crippen LogP contribution is 2.11. The number of hydrogen-bond acceptors (Lipinski definition) is 5. The Morgan fingerprint density at radius 3 is 2.36 bits per heavy atom. The number of carbonyl (C=O) groups excluding carboxylic acids is 1. The molecule has 0 saturated heterocycles. The van der Waals surface area contributed by atoms with E-state index in [1.54, 1.807) is 42.3 Å². The Kier molecular flexibility index (Phi) is 6.37. The molecule has 0 fully saturated rings. The number of likely N-dealkylation sites (N-methyl/N-ethyl adjacent to an activating group) is 1. The van der Waals surface area contributed by atoms with Crippen molar-refractivity contribution in [3.05, 3.63) is 30.3 Å². The number of hydrogen-bond donors (Lipinski definition) is 1. The molecule has 0 unspecified atom stereocenters. The molecule has 7 heteroatoms. The van der Waals surface area contributed by atoms with Crippen LogP contribution in [-0.2, 0) is 14.9 Å². The van der Waals surface area contributed by atoms with Crippen molar-refractivity contribution in [3.63, 3.8) is 0 Å². The maximum Gasteiger partial charge on any atom is 0.310 e. The van der Waals surface area contributed by atoms with E-state index in [2.05, 4.69) is 5.32 Å². The van der Waals surface area contributed by atoms with Crippen molar-refractivity contribution in [1.29, 1.82) is 0 Å². The average molecular weight is 328 g/mol. The molecule has 0 radical (unpaired) electrons. The molecule has 0 aliphatic rings. The van der Waals surface area contributed by atoms with Crippen molar-refractivity contribution in [2.75, 3.05) is 25.9 Å². The van der Waals surface area contributed by atoms with Gasteiger partial charge < -0.3 is 9.50 Å². The van der Waals surface area contributed by atoms with Gasteiger partial charge in [0.2, 0.25) is 5.91 Å². The predicted molar refractivity (Wildman–Crippen MR) is 86.2 cm³/mol. The third kappa shape index (κ3) is 7.99. The molecule has 0 heterocycles. The molecule has 124 valence electrons. The topological polar surface area (TPSA) is 75.7 Å². The first-order valence-electron chi connectivity index (χ1n) is 7.04. The van der Waals surface area contributed by atoms with Crippen molar-refractivity contribution in [3.8, 4) is 5.75 Å². The second-order valence-electron chi connectivity index (χ2n) is 6.19. The summed E-state index contributed by atoms with van der Waals surface area (Å²) in [4.78, 5) is 13.4. The third-order valence-corrected chi connectivity index (χ3v) is 3.75. The van der Waals surface area contributed by atoms with Gasteiger partial charge >= 0.3 is 10.1 Å². The summed E-state index contributed by atoms with van der Waals surface area (Å²) in [6.07, 6.45) is 0. The fourth-order valence-electron chi connectivity index (χ4n) is 1.71. The van der Waals surface area contributed by atoms with Gasteiger partial charge in [-0.2, -0.15) is 8.42 Å². The van der Waals surface area contributed by atoms with Crippen LogP contribution in [0.15, 0.2) is 30.3 Å². The first kappa shape index (κ1) is 18.4. The fourth-order valence-corrected chi connectivity index (χ4v) is 2.74. The molecule has 1 amide bonds. The number of amides is 1. The number of rotatable bonds is 7. The summed E-state index contributed by atoms with van der Waals surface area (Å²) >= 11 is 0. The van der Waals surface area contributed by atoms with Crippen LogP contribution in [0.2, 0.25) is 0 Å². The number of para-hydroxylation sites is 1. The molecule has 1 aromatic rings. The lowest BCUT2D eigenvalue weighted by molar-refractivity contribution is -0.123. The normalized spacial score (nSPS) is 12.2. The fraction of sp³-hybridized carbons (Fsp3) is 0.533. The zero-order valence-electron chi connectivity index (χ0n) is 13.5. The van der Waals surface area contributed by atoms with Crippen LogP contribution in [0.5, 0.6) is 5.75 Å². The highest BCUT2D eigenvalue weighted by Gasteiger charge is 2.18. The quantitative estimate of drug-likeness (QED) is 0.762. The molecule has 6 nitrogen and oxygen atoms in total. The summed E-state index contributed by atoms with van der Waals surface area (Å²) in [7, 11) is -1.98. The van der Waals surface area contributed by atoms with Gasteiger partial charge in [0.05, 0.1) is 12.3 Å².